The number of aromatic nitrogens is 5. The maximum absolute atomic E-state index is 12.5. The number of carbonyl (C=O) groups excluding carboxylic acids is 1. The lowest BCUT2D eigenvalue weighted by Gasteiger charge is -2.04. The predicted molar refractivity (Wildman–Crippen MR) is 99.5 cm³/mol. The Labute approximate surface area is 153 Å². The molecule has 4 aromatic rings. The van der Waals surface area contributed by atoms with Crippen molar-refractivity contribution in [3.63, 3.8) is 0 Å². The number of aromatic amines is 3. The third-order valence-corrected chi connectivity index (χ3v) is 4.48. The Kier molecular flexibility index (Phi) is 3.69. The topological polar surface area (TPSA) is 136 Å². The summed E-state index contributed by atoms with van der Waals surface area (Å²) in [6.07, 6.45) is 1.28. The number of halogens is 1. The molecule has 0 aliphatic heterocycles. The number of aryl methyl sites for hydroxylation is 1. The average Bonchev–Trinajstić information content (AvgIpc) is 2.97. The van der Waals surface area contributed by atoms with Crippen molar-refractivity contribution in [3.05, 3.63) is 60.8 Å². The van der Waals surface area contributed by atoms with Crippen molar-refractivity contribution in [1.29, 1.82) is 0 Å². The summed E-state index contributed by atoms with van der Waals surface area (Å²) in [4.78, 5) is 44.2. The van der Waals surface area contributed by atoms with Crippen molar-refractivity contribution in [2.45, 2.75) is 6.92 Å². The van der Waals surface area contributed by atoms with Crippen LogP contribution in [-0.4, -0.2) is 31.1 Å². The average molecular weight is 415 g/mol. The molecule has 3 aromatic heterocycles. The van der Waals surface area contributed by atoms with Crippen LogP contribution in [0, 0.1) is 6.92 Å². The van der Waals surface area contributed by atoms with Crippen molar-refractivity contribution in [2.75, 3.05) is 5.32 Å². The number of hydrogen-bond acceptors (Lipinski definition) is 5. The van der Waals surface area contributed by atoms with Gasteiger partial charge < -0.3 is 5.32 Å². The minimum absolute atomic E-state index is 0.111. The highest BCUT2D eigenvalue weighted by Crippen LogP contribution is 2.28. The molecule has 130 valence electrons. The molecule has 26 heavy (non-hydrogen) atoms. The lowest BCUT2D eigenvalue weighted by Crippen LogP contribution is -2.23. The number of carbonyl (C=O) groups is 1. The van der Waals surface area contributed by atoms with E-state index in [1.807, 2.05) is 19.1 Å². The predicted octanol–water partition coefficient (Wildman–Crippen LogP) is 1.81. The van der Waals surface area contributed by atoms with Gasteiger partial charge in [0.2, 0.25) is 0 Å². The summed E-state index contributed by atoms with van der Waals surface area (Å²) in [6, 6.07) is 5.20. The molecule has 4 N–H and O–H groups in total. The van der Waals surface area contributed by atoms with E-state index < -0.39 is 17.2 Å². The molecule has 10 heteroatoms. The van der Waals surface area contributed by atoms with Crippen molar-refractivity contribution >= 4 is 49.6 Å². The number of nitrogens with zero attached hydrogens (tertiary/aromatic N) is 2. The third-order valence-electron chi connectivity index (χ3n) is 3.85. The van der Waals surface area contributed by atoms with Gasteiger partial charge in [-0.1, -0.05) is 0 Å². The molecule has 1 amide bonds. The molecular weight excluding hydrogens is 404 g/mol. The van der Waals surface area contributed by atoms with Gasteiger partial charge in [-0.25, -0.2) is 9.78 Å². The van der Waals surface area contributed by atoms with Crippen molar-refractivity contribution in [1.82, 2.24) is 25.1 Å². The van der Waals surface area contributed by atoms with Gasteiger partial charge in [-0.2, -0.15) is 5.10 Å². The summed E-state index contributed by atoms with van der Waals surface area (Å²) < 4.78 is 0.836. The van der Waals surface area contributed by atoms with Crippen LogP contribution in [0.3, 0.4) is 0 Å². The van der Waals surface area contributed by atoms with E-state index in [0.29, 0.717) is 5.82 Å². The van der Waals surface area contributed by atoms with Gasteiger partial charge in [0.25, 0.3) is 11.5 Å². The molecule has 0 unspecified atom stereocenters. The fraction of sp³-hybridized carbons (Fsp3) is 0.0625. The van der Waals surface area contributed by atoms with Crippen molar-refractivity contribution in [3.8, 4) is 0 Å². The highest BCUT2D eigenvalue weighted by molar-refractivity contribution is 9.10. The summed E-state index contributed by atoms with van der Waals surface area (Å²) in [5.74, 6) is -0.110. The number of nitrogens with one attached hydrogen (secondary N) is 4. The molecule has 0 atom stereocenters. The van der Waals surface area contributed by atoms with Crippen LogP contribution >= 0.6 is 15.9 Å². The molecule has 0 spiro atoms. The first kappa shape index (κ1) is 16.2. The molecule has 4 rings (SSSR count). The number of anilines is 1. The normalized spacial score (nSPS) is 11.2. The van der Waals surface area contributed by atoms with Crippen LogP contribution in [0.2, 0.25) is 0 Å². The molecule has 9 nitrogen and oxygen atoms in total. The largest absolute Gasteiger partial charge is 0.327 e. The highest BCUT2D eigenvalue weighted by Gasteiger charge is 2.15. The summed E-state index contributed by atoms with van der Waals surface area (Å²) in [7, 11) is 0. The molecule has 3 heterocycles. The van der Waals surface area contributed by atoms with Gasteiger partial charge in [0.05, 0.1) is 16.5 Å². The highest BCUT2D eigenvalue weighted by atomic mass is 79.9. The van der Waals surface area contributed by atoms with E-state index >= 15 is 0 Å². The van der Waals surface area contributed by atoms with Crippen LogP contribution in [0.5, 0.6) is 0 Å². The summed E-state index contributed by atoms with van der Waals surface area (Å²) in [5, 5.41) is 10.6. The first-order chi connectivity index (χ1) is 12.4. The van der Waals surface area contributed by atoms with E-state index in [0.717, 1.165) is 20.9 Å². The Morgan fingerprint density at radius 3 is 2.77 bits per heavy atom. The molecule has 0 saturated carbocycles. The standard InChI is InChI=1S/C16H11BrN6O3/c1-6-2-8-11(10(17)3-6)22-23-13(8)19-14(24)7-4-9-12(18-5-7)20-16(26)21-15(9)25/h2-5H,1H3,(H2,19,22,23,24)(H2,18,20,21,25,26). The number of H-pyrrole nitrogens is 3. The van der Waals surface area contributed by atoms with Crippen LogP contribution < -0.4 is 16.6 Å². The second-order valence-corrected chi connectivity index (χ2v) is 6.58. The first-order valence-electron chi connectivity index (χ1n) is 7.50. The van der Waals surface area contributed by atoms with E-state index in [9.17, 15) is 14.4 Å². The second-order valence-electron chi connectivity index (χ2n) is 5.72. The molecule has 0 radical (unpaired) electrons. The minimum Gasteiger partial charge on any atom is -0.305 e. The zero-order valence-electron chi connectivity index (χ0n) is 13.3. The Morgan fingerprint density at radius 2 is 1.96 bits per heavy atom. The Morgan fingerprint density at radius 1 is 1.15 bits per heavy atom. The van der Waals surface area contributed by atoms with Gasteiger partial charge in [-0.15, -0.1) is 0 Å². The molecule has 0 aliphatic carbocycles. The van der Waals surface area contributed by atoms with Gasteiger partial charge in [-0.3, -0.25) is 24.7 Å². The van der Waals surface area contributed by atoms with Gasteiger partial charge >= 0.3 is 5.69 Å². The fourth-order valence-electron chi connectivity index (χ4n) is 2.66. The van der Waals surface area contributed by atoms with Crippen LogP contribution in [0.25, 0.3) is 21.9 Å². The smallest absolute Gasteiger partial charge is 0.305 e. The summed E-state index contributed by atoms with van der Waals surface area (Å²) >= 11 is 3.45. The van der Waals surface area contributed by atoms with Crippen molar-refractivity contribution < 1.29 is 4.79 Å². The molecule has 0 fully saturated rings. The summed E-state index contributed by atoms with van der Waals surface area (Å²) in [6.45, 7) is 1.93. The number of amides is 1. The molecule has 0 saturated heterocycles. The lowest BCUT2D eigenvalue weighted by molar-refractivity contribution is 0.102. The van der Waals surface area contributed by atoms with Gasteiger partial charge in [-0.05, 0) is 46.6 Å². The van der Waals surface area contributed by atoms with Crippen LogP contribution in [0.15, 0.2) is 38.5 Å². The number of fused-ring (bicyclic) bond motifs is 2. The Hall–Kier alpha value is -3.27. The summed E-state index contributed by atoms with van der Waals surface area (Å²) in [5.41, 5.74) is 0.769. The van der Waals surface area contributed by atoms with E-state index in [2.05, 4.69) is 46.4 Å². The first-order valence-corrected chi connectivity index (χ1v) is 8.29. The van der Waals surface area contributed by atoms with E-state index in [1.54, 1.807) is 0 Å². The van der Waals surface area contributed by atoms with E-state index in [4.69, 9.17) is 0 Å². The number of benzene rings is 1. The zero-order valence-corrected chi connectivity index (χ0v) is 14.9. The lowest BCUT2D eigenvalue weighted by atomic mass is 10.1. The van der Waals surface area contributed by atoms with Crippen LogP contribution in [0.1, 0.15) is 15.9 Å². The number of rotatable bonds is 2. The van der Waals surface area contributed by atoms with Crippen LogP contribution in [0.4, 0.5) is 5.82 Å². The molecule has 1 aromatic carbocycles. The molecule has 0 bridgehead atoms. The van der Waals surface area contributed by atoms with Crippen LogP contribution in [-0.2, 0) is 0 Å². The number of pyridine rings is 1. The molecular formula is C16H11BrN6O3. The Balaban J connectivity index is 1.74. The quantitative estimate of drug-likeness (QED) is 0.396. The van der Waals surface area contributed by atoms with Crippen molar-refractivity contribution in [2.24, 2.45) is 0 Å². The maximum atomic E-state index is 12.5. The van der Waals surface area contributed by atoms with Gasteiger partial charge in [0.1, 0.15) is 5.65 Å². The van der Waals surface area contributed by atoms with E-state index in [1.165, 1.54) is 12.3 Å². The number of hydrogen-bond donors (Lipinski definition) is 4. The second kappa shape index (κ2) is 5.92. The fourth-order valence-corrected chi connectivity index (χ4v) is 3.32. The molecule has 0 aliphatic rings. The Bertz CT molecular complexity index is 1300. The third kappa shape index (κ3) is 2.69. The van der Waals surface area contributed by atoms with Gasteiger partial charge in [0, 0.05) is 16.1 Å². The maximum Gasteiger partial charge on any atom is 0.327 e. The monoisotopic (exact) mass is 414 g/mol. The zero-order chi connectivity index (χ0) is 18.4. The minimum atomic E-state index is -0.656. The van der Waals surface area contributed by atoms with Gasteiger partial charge in [0.15, 0.2) is 5.82 Å². The van der Waals surface area contributed by atoms with E-state index in [-0.39, 0.29) is 16.6 Å². The SMILES string of the molecule is Cc1cc(Br)c2[nH]nc(NC(=O)c3cnc4[nH]c(=O)[nH]c(=O)c4c3)c2c1.